The number of imidazole rings is 1. The van der Waals surface area contributed by atoms with Crippen molar-refractivity contribution in [2.24, 2.45) is 0 Å². The molecule has 2 aromatic rings. The first kappa shape index (κ1) is 14.0. The van der Waals surface area contributed by atoms with Gasteiger partial charge in [-0.05, 0) is 6.92 Å². The van der Waals surface area contributed by atoms with Crippen LogP contribution in [-0.2, 0) is 11.5 Å². The van der Waals surface area contributed by atoms with Gasteiger partial charge in [-0.15, -0.1) is 0 Å². The lowest BCUT2D eigenvalue weighted by atomic mass is 10.3. The highest BCUT2D eigenvalue weighted by molar-refractivity contribution is 5.84. The largest absolute Gasteiger partial charge is 0.467 e. The van der Waals surface area contributed by atoms with Gasteiger partial charge in [-0.1, -0.05) is 0 Å². The summed E-state index contributed by atoms with van der Waals surface area (Å²) in [6, 6.07) is 0.356. The lowest BCUT2D eigenvalue weighted by Gasteiger charge is -2.28. The average molecular weight is 292 g/mol. The molecule has 8 nitrogen and oxygen atoms in total. The second kappa shape index (κ2) is 6.23. The van der Waals surface area contributed by atoms with E-state index < -0.39 is 0 Å². The molecule has 2 aromatic heterocycles. The molecule has 3 heterocycles. The quantitative estimate of drug-likeness (QED) is 0.845. The Bertz CT molecular complexity index is 608. The summed E-state index contributed by atoms with van der Waals surface area (Å²) in [6.07, 6.45) is 1.74. The molecule has 1 aliphatic rings. The van der Waals surface area contributed by atoms with Gasteiger partial charge in [0.25, 0.3) is 0 Å². The van der Waals surface area contributed by atoms with Crippen LogP contribution in [0.3, 0.4) is 0 Å². The van der Waals surface area contributed by atoms with Crippen molar-refractivity contribution in [2.75, 3.05) is 44.8 Å². The fraction of sp³-hybridized carbons (Fsp3) is 0.615. The van der Waals surface area contributed by atoms with E-state index in [1.54, 1.807) is 13.4 Å². The van der Waals surface area contributed by atoms with E-state index in [4.69, 9.17) is 9.47 Å². The highest BCUT2D eigenvalue weighted by Crippen LogP contribution is 2.25. The van der Waals surface area contributed by atoms with E-state index in [9.17, 15) is 0 Å². The van der Waals surface area contributed by atoms with Crippen LogP contribution in [-0.4, -0.2) is 59.4 Å². The van der Waals surface area contributed by atoms with Crippen molar-refractivity contribution in [1.29, 1.82) is 0 Å². The lowest BCUT2D eigenvalue weighted by molar-refractivity contribution is 0.0901. The summed E-state index contributed by atoms with van der Waals surface area (Å²) in [5.74, 6) is 0.827. The monoisotopic (exact) mass is 292 g/mol. The van der Waals surface area contributed by atoms with Crippen LogP contribution in [0.5, 0.6) is 6.01 Å². The van der Waals surface area contributed by atoms with E-state index in [1.165, 1.54) is 0 Å². The van der Waals surface area contributed by atoms with Crippen molar-refractivity contribution in [1.82, 2.24) is 24.8 Å². The van der Waals surface area contributed by atoms with Crippen molar-refractivity contribution >= 4 is 17.0 Å². The third-order valence-electron chi connectivity index (χ3n) is 3.46. The number of rotatable bonds is 5. The Balaban J connectivity index is 2.03. The van der Waals surface area contributed by atoms with Crippen LogP contribution in [0.2, 0.25) is 0 Å². The van der Waals surface area contributed by atoms with Gasteiger partial charge in [-0.3, -0.25) is 4.57 Å². The Morgan fingerprint density at radius 2 is 2.10 bits per heavy atom. The fourth-order valence-corrected chi connectivity index (χ4v) is 2.38. The maximum Gasteiger partial charge on any atom is 0.320 e. The van der Waals surface area contributed by atoms with Gasteiger partial charge >= 0.3 is 6.01 Å². The van der Waals surface area contributed by atoms with Gasteiger partial charge in [0.2, 0.25) is 0 Å². The summed E-state index contributed by atoms with van der Waals surface area (Å²) in [7, 11) is 1.58. The van der Waals surface area contributed by atoms with Gasteiger partial charge in [0.1, 0.15) is 6.73 Å². The molecule has 0 radical (unpaired) electrons. The molecule has 0 aliphatic carbocycles. The van der Waals surface area contributed by atoms with Crippen LogP contribution in [0.25, 0.3) is 11.2 Å². The molecule has 0 spiro atoms. The van der Waals surface area contributed by atoms with Crippen LogP contribution in [0, 0.1) is 0 Å². The maximum atomic E-state index is 5.44. The number of fused-ring (bicyclic) bond motifs is 1. The molecule has 3 rings (SSSR count). The third-order valence-corrected chi connectivity index (χ3v) is 3.46. The Kier molecular flexibility index (Phi) is 4.16. The van der Waals surface area contributed by atoms with Crippen molar-refractivity contribution in [2.45, 2.75) is 13.7 Å². The summed E-state index contributed by atoms with van der Waals surface area (Å²) in [5.41, 5.74) is 1.53. The van der Waals surface area contributed by atoms with Crippen molar-refractivity contribution < 1.29 is 9.47 Å². The minimum atomic E-state index is 0.356. The summed E-state index contributed by atoms with van der Waals surface area (Å²) < 4.78 is 12.5. The number of hydrogen-bond donors (Lipinski definition) is 1. The summed E-state index contributed by atoms with van der Waals surface area (Å²) in [4.78, 5) is 15.6. The number of anilines is 1. The molecule has 1 N–H and O–H groups in total. The van der Waals surface area contributed by atoms with Gasteiger partial charge in [0.05, 0.1) is 13.4 Å². The molecule has 1 aliphatic heterocycles. The number of nitrogens with one attached hydrogen (secondary N) is 1. The number of methoxy groups -OCH3 is 1. The van der Waals surface area contributed by atoms with Gasteiger partial charge < -0.3 is 19.7 Å². The highest BCUT2D eigenvalue weighted by atomic mass is 16.5. The van der Waals surface area contributed by atoms with Crippen LogP contribution in [0.4, 0.5) is 5.82 Å². The number of ether oxygens (including phenoxy) is 2. The first-order valence-electron chi connectivity index (χ1n) is 7.13. The average Bonchev–Trinajstić information content (AvgIpc) is 2.95. The number of hydrogen-bond acceptors (Lipinski definition) is 7. The molecule has 1 saturated heterocycles. The predicted octanol–water partition coefficient (Wildman–Crippen LogP) is 0.238. The summed E-state index contributed by atoms with van der Waals surface area (Å²) in [6.45, 7) is 6.70. The molecule has 0 amide bonds. The Morgan fingerprint density at radius 3 is 2.81 bits per heavy atom. The molecule has 8 heteroatoms. The first-order valence-corrected chi connectivity index (χ1v) is 7.13. The van der Waals surface area contributed by atoms with Gasteiger partial charge in [0, 0.05) is 32.8 Å². The summed E-state index contributed by atoms with van der Waals surface area (Å²) in [5, 5.41) is 3.33. The smallest absolute Gasteiger partial charge is 0.320 e. The van der Waals surface area contributed by atoms with Crippen molar-refractivity contribution in [3.63, 3.8) is 0 Å². The summed E-state index contributed by atoms with van der Waals surface area (Å²) >= 11 is 0. The standard InChI is InChI=1S/C13H20N6O2/c1-3-21-9-19-8-15-10-11(18-6-4-14-5-7-18)16-13(20-2)17-12(10)19/h8,14H,3-7,9H2,1-2H3. The van der Waals surface area contributed by atoms with Gasteiger partial charge in [0.15, 0.2) is 17.0 Å². The Hall–Kier alpha value is -1.93. The molecule has 0 unspecified atom stereocenters. The van der Waals surface area contributed by atoms with E-state index in [1.807, 2.05) is 11.5 Å². The maximum absolute atomic E-state index is 5.44. The zero-order valence-corrected chi connectivity index (χ0v) is 12.4. The zero-order valence-electron chi connectivity index (χ0n) is 12.4. The molecule has 0 atom stereocenters. The topological polar surface area (TPSA) is 77.3 Å². The third kappa shape index (κ3) is 2.77. The van der Waals surface area contributed by atoms with Crippen LogP contribution < -0.4 is 15.0 Å². The number of nitrogens with zero attached hydrogens (tertiary/aromatic N) is 5. The second-order valence-corrected chi connectivity index (χ2v) is 4.78. The van der Waals surface area contributed by atoms with E-state index in [0.29, 0.717) is 19.3 Å². The molecular formula is C13H20N6O2. The predicted molar refractivity (Wildman–Crippen MR) is 78.6 cm³/mol. The molecule has 1 fully saturated rings. The number of piperazine rings is 1. The highest BCUT2D eigenvalue weighted by Gasteiger charge is 2.20. The second-order valence-electron chi connectivity index (χ2n) is 4.78. The number of aromatic nitrogens is 4. The minimum Gasteiger partial charge on any atom is -0.467 e. The van der Waals surface area contributed by atoms with Crippen LogP contribution in [0.15, 0.2) is 6.33 Å². The zero-order chi connectivity index (χ0) is 14.7. The Morgan fingerprint density at radius 1 is 1.29 bits per heavy atom. The normalized spacial score (nSPS) is 15.6. The molecule has 21 heavy (non-hydrogen) atoms. The fourth-order valence-electron chi connectivity index (χ4n) is 2.38. The van der Waals surface area contributed by atoms with E-state index >= 15 is 0 Å². The van der Waals surface area contributed by atoms with Crippen LogP contribution >= 0.6 is 0 Å². The molecular weight excluding hydrogens is 272 g/mol. The van der Waals surface area contributed by atoms with Gasteiger partial charge in [-0.2, -0.15) is 9.97 Å². The van der Waals surface area contributed by atoms with Crippen molar-refractivity contribution in [3.05, 3.63) is 6.33 Å². The van der Waals surface area contributed by atoms with Crippen molar-refractivity contribution in [3.8, 4) is 6.01 Å². The minimum absolute atomic E-state index is 0.356. The lowest BCUT2D eigenvalue weighted by Crippen LogP contribution is -2.44. The molecule has 114 valence electrons. The first-order chi connectivity index (χ1) is 10.3. The molecule has 0 saturated carbocycles. The molecule has 0 bridgehead atoms. The SMILES string of the molecule is CCOCn1cnc2c(N3CCNCC3)nc(OC)nc21. The van der Waals surface area contributed by atoms with E-state index in [2.05, 4.69) is 25.2 Å². The van der Waals surface area contributed by atoms with Gasteiger partial charge in [-0.25, -0.2) is 4.98 Å². The van der Waals surface area contributed by atoms with E-state index in [-0.39, 0.29) is 0 Å². The molecule has 0 aromatic carbocycles. The van der Waals surface area contributed by atoms with Crippen LogP contribution in [0.1, 0.15) is 6.92 Å². The Labute approximate surface area is 123 Å². The van der Waals surface area contributed by atoms with E-state index in [0.717, 1.165) is 43.2 Å².